The zero-order valence-electron chi connectivity index (χ0n) is 18.4. The molecule has 2 amide bonds. The summed E-state index contributed by atoms with van der Waals surface area (Å²) < 4.78 is 0. The Kier molecular flexibility index (Phi) is 4.60. The molecule has 1 saturated carbocycles. The molecular weight excluding hydrogens is 416 g/mol. The second-order valence-corrected chi connectivity index (χ2v) is 9.62. The maximum absolute atomic E-state index is 13.1. The fourth-order valence-corrected chi connectivity index (χ4v) is 5.56. The second kappa shape index (κ2) is 7.54. The predicted octanol–water partition coefficient (Wildman–Crippen LogP) is 3.61. The number of fused-ring (bicyclic) bond motifs is 4. The Hall–Kier alpha value is -3.48. The van der Waals surface area contributed by atoms with E-state index in [1.807, 2.05) is 18.2 Å². The Balaban J connectivity index is 1.21. The number of Topliss-reactive ketones (excluding diaryl/α,β-unsaturated/α-hetero) is 1. The number of H-pyrrole nitrogens is 1. The SMILES string of the molecule is O=C(NC1CCN(C(=O)c2ccccn2)C1)c1ccc2[nH]c3c(c2c1)C1(CCCC3=O)CC1. The van der Waals surface area contributed by atoms with E-state index in [0.717, 1.165) is 47.8 Å². The van der Waals surface area contributed by atoms with Gasteiger partial charge < -0.3 is 15.2 Å². The number of nitrogens with zero attached hydrogens (tertiary/aromatic N) is 2. The van der Waals surface area contributed by atoms with Crippen LogP contribution in [-0.4, -0.2) is 51.6 Å². The molecule has 3 aromatic rings. The lowest BCUT2D eigenvalue weighted by molar-refractivity contribution is 0.0777. The summed E-state index contributed by atoms with van der Waals surface area (Å²) in [7, 11) is 0. The number of pyridine rings is 1. The van der Waals surface area contributed by atoms with Crippen molar-refractivity contribution >= 4 is 28.5 Å². The first kappa shape index (κ1) is 20.1. The number of amides is 2. The first-order chi connectivity index (χ1) is 16.0. The maximum atomic E-state index is 13.1. The summed E-state index contributed by atoms with van der Waals surface area (Å²) in [5.41, 5.74) is 3.91. The number of hydrogen-bond acceptors (Lipinski definition) is 4. The third-order valence-electron chi connectivity index (χ3n) is 7.48. The van der Waals surface area contributed by atoms with Crippen LogP contribution in [0.2, 0.25) is 0 Å². The quantitative estimate of drug-likeness (QED) is 0.648. The normalized spacial score (nSPS) is 21.2. The molecule has 7 heteroatoms. The van der Waals surface area contributed by atoms with Crippen LogP contribution >= 0.6 is 0 Å². The summed E-state index contributed by atoms with van der Waals surface area (Å²) >= 11 is 0. The van der Waals surface area contributed by atoms with Gasteiger partial charge in [0.05, 0.1) is 5.69 Å². The van der Waals surface area contributed by atoms with Crippen molar-refractivity contribution in [1.82, 2.24) is 20.2 Å². The molecule has 6 rings (SSSR count). The van der Waals surface area contributed by atoms with Crippen LogP contribution < -0.4 is 5.32 Å². The van der Waals surface area contributed by atoms with E-state index in [-0.39, 0.29) is 29.1 Å². The molecule has 3 aliphatic rings. The number of carbonyl (C=O) groups is 3. The number of aromatic amines is 1. The molecule has 2 N–H and O–H groups in total. The number of carbonyl (C=O) groups excluding carboxylic acids is 3. The number of likely N-dealkylation sites (tertiary alicyclic amines) is 1. The van der Waals surface area contributed by atoms with Gasteiger partial charge in [-0.25, -0.2) is 0 Å². The minimum absolute atomic E-state index is 0.0967. The first-order valence-electron chi connectivity index (χ1n) is 11.7. The molecule has 3 heterocycles. The Morgan fingerprint density at radius 2 is 2.03 bits per heavy atom. The van der Waals surface area contributed by atoms with Crippen molar-refractivity contribution in [2.75, 3.05) is 13.1 Å². The Morgan fingerprint density at radius 3 is 2.82 bits per heavy atom. The number of benzene rings is 1. The van der Waals surface area contributed by atoms with Crippen LogP contribution in [-0.2, 0) is 5.41 Å². The topological polar surface area (TPSA) is 95.2 Å². The number of ketones is 1. The molecule has 1 aliphatic heterocycles. The van der Waals surface area contributed by atoms with Gasteiger partial charge in [-0.3, -0.25) is 19.4 Å². The number of rotatable bonds is 3. The molecule has 7 nitrogen and oxygen atoms in total. The smallest absolute Gasteiger partial charge is 0.272 e. The van der Waals surface area contributed by atoms with Crippen LogP contribution in [0.4, 0.5) is 0 Å². The highest BCUT2D eigenvalue weighted by Crippen LogP contribution is 2.56. The molecule has 0 radical (unpaired) electrons. The van der Waals surface area contributed by atoms with E-state index in [9.17, 15) is 14.4 Å². The molecule has 2 fully saturated rings. The van der Waals surface area contributed by atoms with Crippen molar-refractivity contribution < 1.29 is 14.4 Å². The molecule has 33 heavy (non-hydrogen) atoms. The summed E-state index contributed by atoms with van der Waals surface area (Å²) in [6, 6.07) is 10.8. The van der Waals surface area contributed by atoms with E-state index >= 15 is 0 Å². The average molecular weight is 443 g/mol. The molecule has 1 unspecified atom stereocenters. The van der Waals surface area contributed by atoms with Crippen molar-refractivity contribution in [3.05, 3.63) is 65.1 Å². The van der Waals surface area contributed by atoms with E-state index in [0.29, 0.717) is 37.2 Å². The fourth-order valence-electron chi connectivity index (χ4n) is 5.56. The monoisotopic (exact) mass is 442 g/mol. The van der Waals surface area contributed by atoms with Gasteiger partial charge in [-0.05, 0) is 73.4 Å². The van der Waals surface area contributed by atoms with Gasteiger partial charge in [0.15, 0.2) is 5.78 Å². The van der Waals surface area contributed by atoms with E-state index in [4.69, 9.17) is 0 Å². The van der Waals surface area contributed by atoms with E-state index in [1.54, 1.807) is 29.3 Å². The Morgan fingerprint density at radius 1 is 1.15 bits per heavy atom. The molecule has 0 bridgehead atoms. The van der Waals surface area contributed by atoms with Crippen LogP contribution in [0.1, 0.15) is 75.4 Å². The number of hydrogen-bond donors (Lipinski definition) is 2. The van der Waals surface area contributed by atoms with Gasteiger partial charge in [-0.15, -0.1) is 0 Å². The van der Waals surface area contributed by atoms with Gasteiger partial charge >= 0.3 is 0 Å². The second-order valence-electron chi connectivity index (χ2n) is 9.62. The molecule has 168 valence electrons. The van der Waals surface area contributed by atoms with E-state index < -0.39 is 0 Å². The van der Waals surface area contributed by atoms with Crippen molar-refractivity contribution in [2.24, 2.45) is 0 Å². The maximum Gasteiger partial charge on any atom is 0.272 e. The van der Waals surface area contributed by atoms with Gasteiger partial charge in [0.1, 0.15) is 5.69 Å². The summed E-state index contributed by atoms with van der Waals surface area (Å²) in [4.78, 5) is 47.6. The molecule has 1 atom stereocenters. The predicted molar refractivity (Wildman–Crippen MR) is 123 cm³/mol. The molecule has 1 aromatic carbocycles. The van der Waals surface area contributed by atoms with Gasteiger partial charge in [0.25, 0.3) is 11.8 Å². The minimum Gasteiger partial charge on any atom is -0.352 e. The van der Waals surface area contributed by atoms with E-state index in [1.165, 1.54) is 0 Å². The number of aromatic nitrogens is 2. The van der Waals surface area contributed by atoms with E-state index in [2.05, 4.69) is 15.3 Å². The van der Waals surface area contributed by atoms with Gasteiger partial charge in [0, 0.05) is 48.2 Å². The average Bonchev–Trinajstić information content (AvgIpc) is 3.32. The van der Waals surface area contributed by atoms with Crippen molar-refractivity contribution in [3.8, 4) is 0 Å². The molecular formula is C26H26N4O3. The summed E-state index contributed by atoms with van der Waals surface area (Å²) in [5, 5.41) is 4.10. The standard InChI is InChI=1S/C26H26N4O3/c31-21-5-3-9-26(10-11-26)22-18-14-16(6-7-19(18)29-23(21)22)24(32)28-17-8-13-30(15-17)25(33)20-4-1-2-12-27-20/h1-2,4,6-7,12,14,17,29H,3,5,8-11,13,15H2,(H,28,32). The highest BCUT2D eigenvalue weighted by molar-refractivity contribution is 6.06. The molecule has 1 saturated heterocycles. The molecule has 2 aromatic heterocycles. The fraction of sp³-hybridized carbons (Fsp3) is 0.385. The lowest BCUT2D eigenvalue weighted by Crippen LogP contribution is -2.38. The van der Waals surface area contributed by atoms with Crippen LogP contribution in [0.3, 0.4) is 0 Å². The van der Waals surface area contributed by atoms with Crippen LogP contribution in [0.5, 0.6) is 0 Å². The Bertz CT molecular complexity index is 1280. The van der Waals surface area contributed by atoms with Crippen LogP contribution in [0.15, 0.2) is 42.6 Å². The largest absolute Gasteiger partial charge is 0.352 e. The zero-order valence-corrected chi connectivity index (χ0v) is 18.4. The van der Waals surface area contributed by atoms with Crippen LogP contribution in [0, 0.1) is 0 Å². The van der Waals surface area contributed by atoms with Gasteiger partial charge in [-0.2, -0.15) is 0 Å². The third kappa shape index (κ3) is 3.43. The van der Waals surface area contributed by atoms with Gasteiger partial charge in [-0.1, -0.05) is 6.07 Å². The molecule has 1 spiro atoms. The molecule has 2 aliphatic carbocycles. The van der Waals surface area contributed by atoms with Crippen LogP contribution in [0.25, 0.3) is 10.9 Å². The minimum atomic E-state index is -0.145. The summed E-state index contributed by atoms with van der Waals surface area (Å²) in [6.45, 7) is 1.07. The highest BCUT2D eigenvalue weighted by atomic mass is 16.2. The highest BCUT2D eigenvalue weighted by Gasteiger charge is 2.48. The lowest BCUT2D eigenvalue weighted by atomic mass is 9.90. The zero-order chi connectivity index (χ0) is 22.6. The van der Waals surface area contributed by atoms with Crippen molar-refractivity contribution in [3.63, 3.8) is 0 Å². The van der Waals surface area contributed by atoms with Gasteiger partial charge in [0.2, 0.25) is 0 Å². The first-order valence-corrected chi connectivity index (χ1v) is 11.7. The lowest BCUT2D eigenvalue weighted by Gasteiger charge is -2.17. The van der Waals surface area contributed by atoms with Crippen molar-refractivity contribution in [2.45, 2.75) is 50.0 Å². The summed E-state index contributed by atoms with van der Waals surface area (Å²) in [5.74, 6) is -0.0726. The number of nitrogens with one attached hydrogen (secondary N) is 2. The Labute approximate surface area is 191 Å². The van der Waals surface area contributed by atoms with Crippen molar-refractivity contribution in [1.29, 1.82) is 0 Å². The summed E-state index contributed by atoms with van der Waals surface area (Å²) in [6.07, 6.45) is 7.10. The third-order valence-corrected chi connectivity index (χ3v) is 7.48.